The van der Waals surface area contributed by atoms with Gasteiger partial charge in [-0.3, -0.25) is 4.79 Å². The number of guanidine groups is 1. The van der Waals surface area contributed by atoms with Gasteiger partial charge in [-0.15, -0.1) is 0 Å². The third kappa shape index (κ3) is 3.74. The molecular formula is C16H22N4O. The van der Waals surface area contributed by atoms with Gasteiger partial charge >= 0.3 is 0 Å². The smallest absolute Gasteiger partial charge is 0.242 e. The van der Waals surface area contributed by atoms with Crippen LogP contribution in [0.3, 0.4) is 0 Å². The first kappa shape index (κ1) is 13.9. The molecule has 0 unspecified atom stereocenters. The average molecular weight is 286 g/mol. The van der Waals surface area contributed by atoms with Crippen LogP contribution in [0, 0.1) is 0 Å². The fourth-order valence-electron chi connectivity index (χ4n) is 2.73. The summed E-state index contributed by atoms with van der Waals surface area (Å²) in [6, 6.07) is 6.61. The molecule has 0 aliphatic heterocycles. The van der Waals surface area contributed by atoms with Crippen molar-refractivity contribution in [2.45, 2.75) is 44.6 Å². The average Bonchev–Trinajstić information content (AvgIpc) is 3.29. The van der Waals surface area contributed by atoms with Crippen LogP contribution >= 0.6 is 0 Å². The lowest BCUT2D eigenvalue weighted by Gasteiger charge is -2.19. The van der Waals surface area contributed by atoms with E-state index in [1.54, 1.807) is 0 Å². The molecule has 2 aliphatic rings. The first-order valence-corrected chi connectivity index (χ1v) is 7.69. The summed E-state index contributed by atoms with van der Waals surface area (Å²) in [6.45, 7) is 0.0877. The van der Waals surface area contributed by atoms with Gasteiger partial charge in [0.05, 0.1) is 0 Å². The molecule has 0 heterocycles. The zero-order valence-corrected chi connectivity index (χ0v) is 12.2. The predicted molar refractivity (Wildman–Crippen MR) is 84.4 cm³/mol. The maximum atomic E-state index is 11.6. The first-order chi connectivity index (χ1) is 10.2. The predicted octanol–water partition coefficient (Wildman–Crippen LogP) is 1.57. The molecule has 0 bridgehead atoms. The number of benzene rings is 1. The number of hydrogen-bond donors (Lipinski definition) is 3. The Morgan fingerprint density at radius 1 is 1.29 bits per heavy atom. The summed E-state index contributed by atoms with van der Waals surface area (Å²) in [5.41, 5.74) is 9.65. The molecule has 21 heavy (non-hydrogen) atoms. The zero-order chi connectivity index (χ0) is 14.7. The number of aryl methyl sites for hydroxylation is 1. The standard InChI is InChI=1S/C16H22N4O/c17-16(18-10-15(21)19-12-8-9-12)20-14-7-3-5-11-4-1-2-6-13(11)14/h3,5,7,12H,1-2,4,6,8-10H2,(H,19,21)(H3,17,18,20). The van der Waals surface area contributed by atoms with Crippen LogP contribution in [-0.4, -0.2) is 24.5 Å². The van der Waals surface area contributed by atoms with Gasteiger partial charge in [-0.05, 0) is 55.7 Å². The molecule has 1 saturated carbocycles. The Morgan fingerprint density at radius 3 is 2.90 bits per heavy atom. The van der Waals surface area contributed by atoms with E-state index in [2.05, 4.69) is 21.7 Å². The van der Waals surface area contributed by atoms with Crippen molar-refractivity contribution in [2.75, 3.05) is 11.9 Å². The van der Waals surface area contributed by atoms with Crippen molar-refractivity contribution in [3.63, 3.8) is 0 Å². The molecule has 1 aromatic rings. The van der Waals surface area contributed by atoms with E-state index >= 15 is 0 Å². The number of amides is 1. The Morgan fingerprint density at radius 2 is 2.10 bits per heavy atom. The van der Waals surface area contributed by atoms with E-state index in [-0.39, 0.29) is 12.5 Å². The lowest BCUT2D eigenvalue weighted by Crippen LogP contribution is -2.30. The minimum absolute atomic E-state index is 0.0580. The largest absolute Gasteiger partial charge is 0.370 e. The van der Waals surface area contributed by atoms with Crippen molar-refractivity contribution in [3.05, 3.63) is 29.3 Å². The van der Waals surface area contributed by atoms with Crippen molar-refractivity contribution in [3.8, 4) is 0 Å². The third-order valence-electron chi connectivity index (χ3n) is 3.99. The minimum Gasteiger partial charge on any atom is -0.370 e. The molecular weight excluding hydrogens is 264 g/mol. The topological polar surface area (TPSA) is 79.5 Å². The Balaban J connectivity index is 1.61. The van der Waals surface area contributed by atoms with E-state index in [0.29, 0.717) is 12.0 Å². The molecule has 112 valence electrons. The van der Waals surface area contributed by atoms with Gasteiger partial charge in [-0.2, -0.15) is 0 Å². The molecule has 0 atom stereocenters. The summed E-state index contributed by atoms with van der Waals surface area (Å²) in [7, 11) is 0. The normalized spacial score (nSPS) is 18.0. The number of anilines is 1. The van der Waals surface area contributed by atoms with Crippen molar-refractivity contribution in [1.29, 1.82) is 0 Å². The van der Waals surface area contributed by atoms with Gasteiger partial charge in [0.1, 0.15) is 6.54 Å². The Hall–Kier alpha value is -2.04. The molecule has 0 spiro atoms. The number of nitrogens with zero attached hydrogens (tertiary/aromatic N) is 1. The number of carbonyl (C=O) groups is 1. The summed E-state index contributed by atoms with van der Waals surface area (Å²) in [5, 5.41) is 6.04. The van der Waals surface area contributed by atoms with Crippen molar-refractivity contribution >= 4 is 17.6 Å². The Bertz CT molecular complexity index is 563. The molecule has 0 aromatic heterocycles. The lowest BCUT2D eigenvalue weighted by atomic mass is 9.90. The lowest BCUT2D eigenvalue weighted by molar-refractivity contribution is -0.119. The van der Waals surface area contributed by atoms with E-state index in [0.717, 1.165) is 31.4 Å². The second-order valence-corrected chi connectivity index (χ2v) is 5.82. The van der Waals surface area contributed by atoms with Gasteiger partial charge in [0.2, 0.25) is 5.91 Å². The SMILES string of the molecule is NC(=NCC(=O)NC1CC1)Nc1cccc2c1CCCC2. The van der Waals surface area contributed by atoms with Gasteiger partial charge in [0, 0.05) is 11.7 Å². The Labute approximate surface area is 125 Å². The van der Waals surface area contributed by atoms with Crippen LogP contribution < -0.4 is 16.4 Å². The molecule has 5 heteroatoms. The van der Waals surface area contributed by atoms with Gasteiger partial charge in [-0.25, -0.2) is 4.99 Å². The quantitative estimate of drug-likeness (QED) is 0.580. The van der Waals surface area contributed by atoms with Gasteiger partial charge in [-0.1, -0.05) is 12.1 Å². The summed E-state index contributed by atoms with van der Waals surface area (Å²) in [6.07, 6.45) is 6.84. The number of aliphatic imine (C=N–C) groups is 1. The van der Waals surface area contributed by atoms with Crippen LogP contribution in [0.25, 0.3) is 0 Å². The van der Waals surface area contributed by atoms with Crippen molar-refractivity contribution in [1.82, 2.24) is 5.32 Å². The van der Waals surface area contributed by atoms with E-state index < -0.39 is 0 Å². The van der Waals surface area contributed by atoms with E-state index in [1.807, 2.05) is 12.1 Å². The van der Waals surface area contributed by atoms with Crippen LogP contribution in [0.4, 0.5) is 5.69 Å². The maximum absolute atomic E-state index is 11.6. The van der Waals surface area contributed by atoms with Crippen molar-refractivity contribution < 1.29 is 4.79 Å². The highest BCUT2D eigenvalue weighted by molar-refractivity contribution is 5.94. The molecule has 0 radical (unpaired) electrons. The van der Waals surface area contributed by atoms with Crippen LogP contribution in [0.1, 0.15) is 36.8 Å². The molecule has 0 saturated heterocycles. The zero-order valence-electron chi connectivity index (χ0n) is 12.2. The van der Waals surface area contributed by atoms with Gasteiger partial charge in [0.15, 0.2) is 5.96 Å². The van der Waals surface area contributed by atoms with Crippen molar-refractivity contribution in [2.24, 2.45) is 10.7 Å². The first-order valence-electron chi connectivity index (χ1n) is 7.69. The monoisotopic (exact) mass is 286 g/mol. The second-order valence-electron chi connectivity index (χ2n) is 5.82. The van der Waals surface area contributed by atoms with Gasteiger partial charge in [0.25, 0.3) is 0 Å². The highest BCUT2D eigenvalue weighted by Gasteiger charge is 2.22. The summed E-state index contributed by atoms with van der Waals surface area (Å²) >= 11 is 0. The van der Waals surface area contributed by atoms with Crippen LogP contribution in [-0.2, 0) is 17.6 Å². The van der Waals surface area contributed by atoms with Gasteiger partial charge < -0.3 is 16.4 Å². The molecule has 1 fully saturated rings. The summed E-state index contributed by atoms with van der Waals surface area (Å²) in [5.74, 6) is 0.247. The highest BCUT2D eigenvalue weighted by atomic mass is 16.2. The fourth-order valence-corrected chi connectivity index (χ4v) is 2.73. The second kappa shape index (κ2) is 6.16. The van der Waals surface area contributed by atoms with Crippen LogP contribution in [0.5, 0.6) is 0 Å². The number of carbonyl (C=O) groups excluding carboxylic acids is 1. The van der Waals surface area contributed by atoms with Crippen LogP contribution in [0.15, 0.2) is 23.2 Å². The summed E-state index contributed by atoms with van der Waals surface area (Å²) < 4.78 is 0. The molecule has 5 nitrogen and oxygen atoms in total. The van der Waals surface area contributed by atoms with E-state index in [1.165, 1.54) is 24.0 Å². The molecule has 4 N–H and O–H groups in total. The minimum atomic E-state index is -0.0580. The highest BCUT2D eigenvalue weighted by Crippen LogP contribution is 2.27. The molecule has 1 amide bonds. The number of nitrogens with two attached hydrogens (primary N) is 1. The third-order valence-corrected chi connectivity index (χ3v) is 3.99. The van der Waals surface area contributed by atoms with E-state index in [4.69, 9.17) is 5.73 Å². The number of fused-ring (bicyclic) bond motifs is 1. The number of rotatable bonds is 4. The molecule has 3 rings (SSSR count). The Kier molecular flexibility index (Phi) is 4.08. The molecule has 1 aromatic carbocycles. The summed E-state index contributed by atoms with van der Waals surface area (Å²) in [4.78, 5) is 15.7. The number of nitrogens with one attached hydrogen (secondary N) is 2. The molecule has 2 aliphatic carbocycles. The van der Waals surface area contributed by atoms with Crippen LogP contribution in [0.2, 0.25) is 0 Å². The maximum Gasteiger partial charge on any atom is 0.242 e. The van der Waals surface area contributed by atoms with E-state index in [9.17, 15) is 4.79 Å². The fraction of sp³-hybridized carbons (Fsp3) is 0.500. The number of hydrogen-bond acceptors (Lipinski definition) is 2.